The van der Waals surface area contributed by atoms with Gasteiger partial charge in [-0.25, -0.2) is 0 Å². The normalized spacial score (nSPS) is 23.8. The Morgan fingerprint density at radius 3 is 2.58 bits per heavy atom. The van der Waals surface area contributed by atoms with Crippen molar-refractivity contribution in [3.63, 3.8) is 0 Å². The lowest BCUT2D eigenvalue weighted by molar-refractivity contribution is 0.111. The van der Waals surface area contributed by atoms with Gasteiger partial charge < -0.3 is 29.2 Å². The summed E-state index contributed by atoms with van der Waals surface area (Å²) in [5, 5.41) is 32.2. The lowest BCUT2D eigenvalue weighted by Gasteiger charge is -2.40. The first-order valence-corrected chi connectivity index (χ1v) is 11.1. The van der Waals surface area contributed by atoms with Crippen LogP contribution in [0.5, 0.6) is 28.7 Å². The van der Waals surface area contributed by atoms with Crippen molar-refractivity contribution in [3.05, 3.63) is 45.1 Å². The Hall–Kier alpha value is -3.61. The maximum Gasteiger partial charge on any atom is 0.200 e. The number of hydrogen-bond donors (Lipinski definition) is 3. The van der Waals surface area contributed by atoms with Crippen molar-refractivity contribution >= 4 is 17.0 Å². The summed E-state index contributed by atoms with van der Waals surface area (Å²) < 4.78 is 18.3. The highest BCUT2D eigenvalue weighted by molar-refractivity contribution is 5.96. The number of phenols is 3. The Kier molecular flexibility index (Phi) is 3.79. The standard InChI is InChI=1S/C26H24O7/c1-10-11(2)31-25-17(29)8-15(27)20-19(25)13(10)7-14-22(30)21-16(28)9-18-12(23(21)32-24(14)20)5-6-26(3,4)33-18/h5-6,8-11,13,27-29H,7H2,1-4H3. The molecule has 0 spiro atoms. The van der Waals surface area contributed by atoms with Crippen LogP contribution in [0.4, 0.5) is 0 Å². The summed E-state index contributed by atoms with van der Waals surface area (Å²) in [5.41, 5.74) is 1.22. The summed E-state index contributed by atoms with van der Waals surface area (Å²) >= 11 is 0. The van der Waals surface area contributed by atoms with Gasteiger partial charge in [-0.2, -0.15) is 0 Å². The van der Waals surface area contributed by atoms with Crippen molar-refractivity contribution in [3.8, 4) is 40.1 Å². The maximum absolute atomic E-state index is 13.7. The minimum Gasteiger partial charge on any atom is -0.507 e. The van der Waals surface area contributed by atoms with E-state index in [1.165, 1.54) is 12.1 Å². The van der Waals surface area contributed by atoms with Crippen molar-refractivity contribution in [2.75, 3.05) is 0 Å². The summed E-state index contributed by atoms with van der Waals surface area (Å²) in [6.07, 6.45) is 3.84. The first-order chi connectivity index (χ1) is 15.6. The van der Waals surface area contributed by atoms with E-state index >= 15 is 0 Å². The van der Waals surface area contributed by atoms with Crippen LogP contribution >= 0.6 is 0 Å². The molecule has 0 bridgehead atoms. The van der Waals surface area contributed by atoms with Crippen LogP contribution in [-0.2, 0) is 6.42 Å². The Morgan fingerprint density at radius 1 is 1.06 bits per heavy atom. The van der Waals surface area contributed by atoms with Gasteiger partial charge in [-0.1, -0.05) is 6.92 Å². The molecule has 3 heterocycles. The van der Waals surface area contributed by atoms with Crippen LogP contribution in [0.3, 0.4) is 0 Å². The second-order valence-electron chi connectivity index (χ2n) is 9.81. The van der Waals surface area contributed by atoms with Gasteiger partial charge in [0, 0.05) is 29.2 Å². The van der Waals surface area contributed by atoms with Crippen LogP contribution in [0.1, 0.15) is 50.3 Å². The zero-order chi connectivity index (χ0) is 23.4. The number of ether oxygens (including phenoxy) is 2. The van der Waals surface area contributed by atoms with Gasteiger partial charge in [0.15, 0.2) is 22.5 Å². The molecule has 7 heteroatoms. The first kappa shape index (κ1) is 20.0. The molecule has 2 aromatic carbocycles. The van der Waals surface area contributed by atoms with Gasteiger partial charge in [-0.3, -0.25) is 4.79 Å². The lowest BCUT2D eigenvalue weighted by atomic mass is 9.71. The molecule has 170 valence electrons. The quantitative estimate of drug-likeness (QED) is 0.452. The predicted molar refractivity (Wildman–Crippen MR) is 122 cm³/mol. The van der Waals surface area contributed by atoms with Crippen LogP contribution in [0, 0.1) is 5.92 Å². The van der Waals surface area contributed by atoms with E-state index < -0.39 is 5.60 Å². The van der Waals surface area contributed by atoms with Crippen molar-refractivity contribution in [1.29, 1.82) is 0 Å². The summed E-state index contributed by atoms with van der Waals surface area (Å²) in [4.78, 5) is 13.7. The second-order valence-corrected chi connectivity index (χ2v) is 9.81. The largest absolute Gasteiger partial charge is 0.507 e. The Balaban J connectivity index is 1.73. The van der Waals surface area contributed by atoms with Crippen LogP contribution in [-0.4, -0.2) is 27.0 Å². The molecule has 0 amide bonds. The predicted octanol–water partition coefficient (Wildman–Crippen LogP) is 4.82. The number of benzene rings is 2. The first-order valence-electron chi connectivity index (χ1n) is 11.1. The Morgan fingerprint density at radius 2 is 1.82 bits per heavy atom. The van der Waals surface area contributed by atoms with Crippen molar-refractivity contribution in [2.45, 2.75) is 51.7 Å². The van der Waals surface area contributed by atoms with Crippen molar-refractivity contribution in [2.24, 2.45) is 5.92 Å². The van der Waals surface area contributed by atoms with E-state index in [1.54, 1.807) is 0 Å². The maximum atomic E-state index is 13.7. The van der Waals surface area contributed by atoms with Crippen LogP contribution in [0.25, 0.3) is 28.4 Å². The van der Waals surface area contributed by atoms with Crippen molar-refractivity contribution in [1.82, 2.24) is 0 Å². The number of hydrogen-bond acceptors (Lipinski definition) is 7. The average Bonchev–Trinajstić information content (AvgIpc) is 2.73. The third-order valence-corrected chi connectivity index (χ3v) is 7.24. The molecule has 0 radical (unpaired) electrons. The van der Waals surface area contributed by atoms with Gasteiger partial charge in [0.25, 0.3) is 0 Å². The molecule has 3 unspecified atom stereocenters. The van der Waals surface area contributed by atoms with E-state index in [0.717, 1.165) is 0 Å². The molecule has 1 aromatic heterocycles. The number of phenolic OH excluding ortho intramolecular Hbond substituents is 3. The van der Waals surface area contributed by atoms with Gasteiger partial charge in [0.2, 0.25) is 0 Å². The fourth-order valence-corrected chi connectivity index (χ4v) is 5.38. The van der Waals surface area contributed by atoms with E-state index in [9.17, 15) is 20.1 Å². The second kappa shape index (κ2) is 6.25. The highest BCUT2D eigenvalue weighted by Gasteiger charge is 2.43. The van der Waals surface area contributed by atoms with Gasteiger partial charge >= 0.3 is 0 Å². The molecule has 0 saturated heterocycles. The van der Waals surface area contributed by atoms with Crippen LogP contribution < -0.4 is 14.9 Å². The Bertz CT molecular complexity index is 1460. The molecule has 7 nitrogen and oxygen atoms in total. The fraction of sp³-hybridized carbons (Fsp3) is 0.346. The number of rotatable bonds is 0. The smallest absolute Gasteiger partial charge is 0.200 e. The zero-order valence-electron chi connectivity index (χ0n) is 18.7. The highest BCUT2D eigenvalue weighted by atomic mass is 16.5. The lowest BCUT2D eigenvalue weighted by Crippen LogP contribution is -2.36. The summed E-state index contributed by atoms with van der Waals surface area (Å²) in [6.45, 7) is 7.72. The molecule has 3 atom stereocenters. The van der Waals surface area contributed by atoms with E-state index in [1.807, 2.05) is 39.8 Å². The van der Waals surface area contributed by atoms with Gasteiger partial charge in [0.05, 0.1) is 17.2 Å². The van der Waals surface area contributed by atoms with Crippen LogP contribution in [0.2, 0.25) is 0 Å². The molecule has 6 rings (SSSR count). The van der Waals surface area contributed by atoms with E-state index in [-0.39, 0.29) is 57.3 Å². The third kappa shape index (κ3) is 2.59. The minimum absolute atomic E-state index is 0.0244. The molecule has 0 fully saturated rings. The minimum atomic E-state index is -0.576. The summed E-state index contributed by atoms with van der Waals surface area (Å²) in [6, 6.07) is 2.67. The average molecular weight is 448 g/mol. The Labute approximate surface area is 189 Å². The van der Waals surface area contributed by atoms with Gasteiger partial charge in [-0.15, -0.1) is 0 Å². The van der Waals surface area contributed by atoms with Gasteiger partial charge in [-0.05, 0) is 45.3 Å². The van der Waals surface area contributed by atoms with Gasteiger partial charge in [0.1, 0.15) is 34.0 Å². The van der Waals surface area contributed by atoms with Crippen molar-refractivity contribution < 1.29 is 29.2 Å². The van der Waals surface area contributed by atoms with E-state index in [0.29, 0.717) is 40.2 Å². The summed E-state index contributed by atoms with van der Waals surface area (Å²) in [7, 11) is 0. The highest BCUT2D eigenvalue weighted by Crippen LogP contribution is 2.57. The molecule has 3 aliphatic rings. The van der Waals surface area contributed by atoms with Crippen LogP contribution in [0.15, 0.2) is 27.4 Å². The monoisotopic (exact) mass is 448 g/mol. The molecule has 1 aliphatic carbocycles. The molecule has 3 aromatic rings. The SMILES string of the molecule is CC1Oc2c(O)cc(O)c3c2C(Cc2c-3oc3c4c(cc(O)c3c2=O)OC(C)(C)C=C4)C1C. The number of aromatic hydroxyl groups is 3. The van der Waals surface area contributed by atoms with E-state index in [4.69, 9.17) is 13.9 Å². The molecule has 0 saturated carbocycles. The zero-order valence-corrected chi connectivity index (χ0v) is 18.7. The molecule has 3 N–H and O–H groups in total. The molecule has 33 heavy (non-hydrogen) atoms. The summed E-state index contributed by atoms with van der Waals surface area (Å²) in [5.74, 6) is 0.281. The fourth-order valence-electron chi connectivity index (χ4n) is 5.38. The molecular formula is C26H24O7. The molecule has 2 aliphatic heterocycles. The topological polar surface area (TPSA) is 109 Å². The van der Waals surface area contributed by atoms with E-state index in [2.05, 4.69) is 0 Å². The molecular weight excluding hydrogens is 424 g/mol. The number of fused-ring (bicyclic) bond motifs is 5. The third-order valence-electron chi connectivity index (χ3n) is 7.24.